The topological polar surface area (TPSA) is 44.3 Å². The normalized spacial score (nSPS) is 16.2. The first-order valence-corrected chi connectivity index (χ1v) is 10.8. The summed E-state index contributed by atoms with van der Waals surface area (Å²) in [6.07, 6.45) is 2.70. The number of rotatable bonds is 6. The number of piperidine rings is 1. The summed E-state index contributed by atoms with van der Waals surface area (Å²) in [5.74, 6) is 0.0104. The number of halogens is 3. The van der Waals surface area contributed by atoms with E-state index in [0.29, 0.717) is 6.04 Å². The molecule has 1 aliphatic rings. The number of fused-ring (bicyclic) bond motifs is 1. The zero-order valence-electron chi connectivity index (χ0n) is 18.5. The van der Waals surface area contributed by atoms with Crippen molar-refractivity contribution in [2.45, 2.75) is 38.3 Å². The maximum absolute atomic E-state index is 14.6. The third-order valence-corrected chi connectivity index (χ3v) is 6.26. The maximum atomic E-state index is 14.6. The van der Waals surface area contributed by atoms with Crippen molar-refractivity contribution in [3.05, 3.63) is 59.7 Å². The van der Waals surface area contributed by atoms with Gasteiger partial charge in [-0.25, -0.2) is 18.2 Å². The van der Waals surface area contributed by atoms with E-state index in [1.807, 2.05) is 12.1 Å². The Morgan fingerprint density at radius 3 is 2.50 bits per heavy atom. The second-order valence-electron chi connectivity index (χ2n) is 8.52. The highest BCUT2D eigenvalue weighted by Crippen LogP contribution is 2.32. The molecule has 1 atom stereocenters. The summed E-state index contributed by atoms with van der Waals surface area (Å²) in [7, 11) is 4.22. The zero-order valence-corrected chi connectivity index (χ0v) is 18.5. The zero-order chi connectivity index (χ0) is 22.8. The quantitative estimate of drug-likeness (QED) is 0.552. The Morgan fingerprint density at radius 2 is 1.81 bits per heavy atom. The number of nitrogens with zero attached hydrogens (tertiary/aromatic N) is 4. The predicted molar refractivity (Wildman–Crippen MR) is 122 cm³/mol. The Morgan fingerprint density at radius 1 is 1.09 bits per heavy atom. The van der Waals surface area contributed by atoms with Gasteiger partial charge in [-0.3, -0.25) is 4.98 Å². The largest absolute Gasteiger partial charge is 0.378 e. The van der Waals surface area contributed by atoms with Gasteiger partial charge in [0.1, 0.15) is 11.6 Å². The molecule has 0 saturated carbocycles. The monoisotopic (exact) mass is 443 g/mol. The van der Waals surface area contributed by atoms with Crippen molar-refractivity contribution in [2.75, 3.05) is 37.4 Å². The molecule has 3 heterocycles. The van der Waals surface area contributed by atoms with Crippen LogP contribution in [0.3, 0.4) is 0 Å². The van der Waals surface area contributed by atoms with Crippen LogP contribution in [0.5, 0.6) is 0 Å². The maximum Gasteiger partial charge on any atom is 0.266 e. The standard InChI is InChI=1S/C24H28F3N5/c1-15(17-5-4-6-18(23(17)25)24(26)27)30-20-7-10-28-21-14-29-22(13-19(20)21)32-11-8-16(9-12-32)31(2)3/h4-7,10,13-16,24H,8-9,11-12H2,1-3H3,(H,28,30)/t15-/m1/s1. The number of benzene rings is 1. The summed E-state index contributed by atoms with van der Waals surface area (Å²) in [6, 6.07) is 7.99. The molecule has 8 heteroatoms. The molecular formula is C24H28F3N5. The van der Waals surface area contributed by atoms with Crippen LogP contribution in [-0.2, 0) is 0 Å². The molecule has 4 rings (SSSR count). The van der Waals surface area contributed by atoms with E-state index >= 15 is 0 Å². The van der Waals surface area contributed by atoms with Gasteiger partial charge in [0.25, 0.3) is 6.43 Å². The molecule has 2 aromatic heterocycles. The van der Waals surface area contributed by atoms with Gasteiger partial charge in [-0.2, -0.15) is 0 Å². The minimum absolute atomic E-state index is 0.202. The molecule has 0 bridgehead atoms. The fraction of sp³-hybridized carbons (Fsp3) is 0.417. The van der Waals surface area contributed by atoms with E-state index < -0.39 is 23.8 Å². The lowest BCUT2D eigenvalue weighted by molar-refractivity contribution is 0.146. The lowest BCUT2D eigenvalue weighted by Crippen LogP contribution is -2.42. The molecule has 170 valence electrons. The first-order valence-electron chi connectivity index (χ1n) is 10.8. The van der Waals surface area contributed by atoms with Crippen LogP contribution >= 0.6 is 0 Å². The fourth-order valence-corrected chi connectivity index (χ4v) is 4.33. The van der Waals surface area contributed by atoms with Crippen LogP contribution in [0.15, 0.2) is 42.7 Å². The third-order valence-electron chi connectivity index (χ3n) is 6.26. The summed E-state index contributed by atoms with van der Waals surface area (Å²) >= 11 is 0. The molecule has 0 unspecified atom stereocenters. The lowest BCUT2D eigenvalue weighted by Gasteiger charge is -2.35. The number of alkyl halides is 2. The number of pyridine rings is 2. The first-order chi connectivity index (χ1) is 15.3. The van der Waals surface area contributed by atoms with Gasteiger partial charge in [-0.1, -0.05) is 18.2 Å². The Hall–Kier alpha value is -2.87. The first kappa shape index (κ1) is 22.3. The Balaban J connectivity index is 1.60. The van der Waals surface area contributed by atoms with Gasteiger partial charge in [-0.15, -0.1) is 0 Å². The average molecular weight is 444 g/mol. The number of anilines is 2. The van der Waals surface area contributed by atoms with Gasteiger partial charge in [0, 0.05) is 42.0 Å². The smallest absolute Gasteiger partial charge is 0.266 e. The van der Waals surface area contributed by atoms with Crippen LogP contribution in [0, 0.1) is 5.82 Å². The second kappa shape index (κ2) is 9.32. The Labute approximate surface area is 186 Å². The van der Waals surface area contributed by atoms with E-state index in [1.54, 1.807) is 19.3 Å². The summed E-state index contributed by atoms with van der Waals surface area (Å²) in [5.41, 5.74) is 1.10. The van der Waals surface area contributed by atoms with Crippen molar-refractivity contribution >= 4 is 22.4 Å². The average Bonchev–Trinajstić information content (AvgIpc) is 2.79. The summed E-state index contributed by atoms with van der Waals surface area (Å²) < 4.78 is 40.9. The highest BCUT2D eigenvalue weighted by atomic mass is 19.3. The molecule has 0 amide bonds. The van der Waals surface area contributed by atoms with Gasteiger partial charge >= 0.3 is 0 Å². The SMILES string of the molecule is C[C@@H](Nc1ccnc2cnc(N3CCC(N(C)C)CC3)cc12)c1cccc(C(F)F)c1F. The van der Waals surface area contributed by atoms with Crippen molar-refractivity contribution in [1.29, 1.82) is 0 Å². The number of nitrogens with one attached hydrogen (secondary N) is 1. The van der Waals surface area contributed by atoms with E-state index in [4.69, 9.17) is 0 Å². The van der Waals surface area contributed by atoms with Crippen LogP contribution in [0.1, 0.15) is 43.4 Å². The van der Waals surface area contributed by atoms with Crippen molar-refractivity contribution in [3.63, 3.8) is 0 Å². The molecule has 0 aliphatic carbocycles. The summed E-state index contributed by atoms with van der Waals surface area (Å²) in [6.45, 7) is 3.60. The molecule has 1 aliphatic heterocycles. The van der Waals surface area contributed by atoms with Crippen molar-refractivity contribution < 1.29 is 13.2 Å². The molecular weight excluding hydrogens is 415 g/mol. The number of hydrogen-bond donors (Lipinski definition) is 1. The Bertz CT molecular complexity index is 1080. The number of aromatic nitrogens is 2. The Kier molecular flexibility index (Phi) is 6.50. The molecule has 32 heavy (non-hydrogen) atoms. The minimum atomic E-state index is -2.85. The van der Waals surface area contributed by atoms with E-state index in [2.05, 4.69) is 39.2 Å². The summed E-state index contributed by atoms with van der Waals surface area (Å²) in [5, 5.41) is 4.15. The number of hydrogen-bond acceptors (Lipinski definition) is 5. The van der Waals surface area contributed by atoms with Crippen LogP contribution in [0.25, 0.3) is 10.9 Å². The van der Waals surface area contributed by atoms with Gasteiger partial charge in [0.05, 0.1) is 23.3 Å². The molecule has 5 nitrogen and oxygen atoms in total. The molecule has 1 fully saturated rings. The predicted octanol–water partition coefficient (Wildman–Crippen LogP) is 5.41. The third kappa shape index (κ3) is 4.50. The lowest BCUT2D eigenvalue weighted by atomic mass is 10.0. The molecule has 3 aromatic rings. The fourth-order valence-electron chi connectivity index (χ4n) is 4.33. The summed E-state index contributed by atoms with van der Waals surface area (Å²) in [4.78, 5) is 13.5. The highest BCUT2D eigenvalue weighted by Gasteiger charge is 2.23. The van der Waals surface area contributed by atoms with Crippen LogP contribution in [0.4, 0.5) is 24.7 Å². The molecule has 0 radical (unpaired) electrons. The van der Waals surface area contributed by atoms with Crippen molar-refractivity contribution in [1.82, 2.24) is 14.9 Å². The van der Waals surface area contributed by atoms with Crippen molar-refractivity contribution in [2.24, 2.45) is 0 Å². The van der Waals surface area contributed by atoms with E-state index in [0.717, 1.165) is 54.4 Å². The van der Waals surface area contributed by atoms with Gasteiger partial charge in [0.15, 0.2) is 0 Å². The van der Waals surface area contributed by atoms with Gasteiger partial charge in [-0.05, 0) is 46.0 Å². The molecule has 1 N–H and O–H groups in total. The highest BCUT2D eigenvalue weighted by molar-refractivity contribution is 5.92. The van der Waals surface area contributed by atoms with E-state index in [9.17, 15) is 13.2 Å². The molecule has 1 saturated heterocycles. The van der Waals surface area contributed by atoms with E-state index in [-0.39, 0.29) is 5.56 Å². The molecule has 0 spiro atoms. The minimum Gasteiger partial charge on any atom is -0.378 e. The van der Waals surface area contributed by atoms with E-state index in [1.165, 1.54) is 12.1 Å². The van der Waals surface area contributed by atoms with Crippen LogP contribution in [0.2, 0.25) is 0 Å². The van der Waals surface area contributed by atoms with Crippen LogP contribution in [-0.4, -0.2) is 48.1 Å². The second-order valence-corrected chi connectivity index (χ2v) is 8.52. The van der Waals surface area contributed by atoms with Gasteiger partial charge in [0.2, 0.25) is 0 Å². The molecule has 1 aromatic carbocycles. The van der Waals surface area contributed by atoms with Crippen molar-refractivity contribution in [3.8, 4) is 0 Å². The van der Waals surface area contributed by atoms with Crippen LogP contribution < -0.4 is 10.2 Å². The van der Waals surface area contributed by atoms with Gasteiger partial charge < -0.3 is 15.1 Å².